The molecule has 0 radical (unpaired) electrons. The third-order valence-electron chi connectivity index (χ3n) is 5.03. The first-order valence-electron chi connectivity index (χ1n) is 10.5. The number of anilines is 1. The van der Waals surface area contributed by atoms with Crippen LogP contribution in [0.2, 0.25) is 0 Å². The zero-order valence-corrected chi connectivity index (χ0v) is 18.4. The topological polar surface area (TPSA) is 84.5 Å². The number of aromatic nitrogens is 3. The minimum absolute atomic E-state index is 0.0145. The van der Waals surface area contributed by atoms with Crippen molar-refractivity contribution in [1.29, 1.82) is 0 Å². The van der Waals surface area contributed by atoms with Gasteiger partial charge in [0.05, 0.1) is 6.61 Å². The Labute approximate surface area is 177 Å². The van der Waals surface area contributed by atoms with Crippen molar-refractivity contribution in [3.05, 3.63) is 41.1 Å². The van der Waals surface area contributed by atoms with Crippen molar-refractivity contribution >= 4 is 5.82 Å². The predicted molar refractivity (Wildman–Crippen MR) is 118 cm³/mol. The SMILES string of the molecule is CCc1cc(-c2noc(-c3cc(C)nc(N(CC)CC)c3)n2)cc(C)c1OCCO. The number of hydrogen-bond donors (Lipinski definition) is 1. The maximum absolute atomic E-state index is 9.07. The fourth-order valence-electron chi connectivity index (χ4n) is 3.54. The van der Waals surface area contributed by atoms with E-state index in [4.69, 9.17) is 14.4 Å². The van der Waals surface area contributed by atoms with E-state index >= 15 is 0 Å². The van der Waals surface area contributed by atoms with Gasteiger partial charge in [-0.15, -0.1) is 0 Å². The summed E-state index contributed by atoms with van der Waals surface area (Å²) in [6, 6.07) is 7.96. The summed E-state index contributed by atoms with van der Waals surface area (Å²) in [6.07, 6.45) is 0.803. The number of ether oxygens (including phenoxy) is 1. The van der Waals surface area contributed by atoms with Crippen molar-refractivity contribution in [3.63, 3.8) is 0 Å². The summed E-state index contributed by atoms with van der Waals surface area (Å²) in [6.45, 7) is 12.3. The molecule has 0 saturated heterocycles. The van der Waals surface area contributed by atoms with E-state index in [9.17, 15) is 0 Å². The molecule has 0 aliphatic carbocycles. The highest BCUT2D eigenvalue weighted by molar-refractivity contribution is 5.65. The number of nitrogens with zero attached hydrogens (tertiary/aromatic N) is 4. The molecule has 0 atom stereocenters. The van der Waals surface area contributed by atoms with Crippen LogP contribution in [0.3, 0.4) is 0 Å². The summed E-state index contributed by atoms with van der Waals surface area (Å²) in [7, 11) is 0. The Bertz CT molecular complexity index is 996. The van der Waals surface area contributed by atoms with Gasteiger partial charge in [0.25, 0.3) is 5.89 Å². The molecule has 0 aliphatic heterocycles. The lowest BCUT2D eigenvalue weighted by atomic mass is 10.0. The third kappa shape index (κ3) is 4.62. The number of aryl methyl sites for hydroxylation is 3. The van der Waals surface area contributed by atoms with Crippen molar-refractivity contribution in [1.82, 2.24) is 15.1 Å². The Morgan fingerprint density at radius 1 is 1.00 bits per heavy atom. The second-order valence-electron chi connectivity index (χ2n) is 7.16. The number of hydrogen-bond acceptors (Lipinski definition) is 7. The Hall–Kier alpha value is -2.93. The lowest BCUT2D eigenvalue weighted by Gasteiger charge is -2.20. The van der Waals surface area contributed by atoms with Gasteiger partial charge < -0.3 is 19.3 Å². The molecule has 0 spiro atoms. The van der Waals surface area contributed by atoms with Crippen LogP contribution in [0.5, 0.6) is 5.75 Å². The van der Waals surface area contributed by atoms with Crippen LogP contribution in [0.15, 0.2) is 28.8 Å². The van der Waals surface area contributed by atoms with E-state index in [0.29, 0.717) is 11.7 Å². The normalized spacial score (nSPS) is 11.0. The van der Waals surface area contributed by atoms with Gasteiger partial charge in [0, 0.05) is 29.9 Å². The highest BCUT2D eigenvalue weighted by atomic mass is 16.5. The minimum atomic E-state index is -0.0145. The lowest BCUT2D eigenvalue weighted by Crippen LogP contribution is -2.23. The van der Waals surface area contributed by atoms with E-state index in [1.165, 1.54) is 0 Å². The zero-order valence-electron chi connectivity index (χ0n) is 18.4. The quantitative estimate of drug-likeness (QED) is 0.566. The van der Waals surface area contributed by atoms with Gasteiger partial charge in [-0.3, -0.25) is 0 Å². The highest BCUT2D eigenvalue weighted by Crippen LogP contribution is 2.31. The van der Waals surface area contributed by atoms with Crippen molar-refractivity contribution in [3.8, 4) is 28.6 Å². The molecular formula is C23H30N4O3. The van der Waals surface area contributed by atoms with Crippen LogP contribution in [0, 0.1) is 13.8 Å². The molecule has 0 saturated carbocycles. The fraction of sp³-hybridized carbons (Fsp3) is 0.435. The average Bonchev–Trinajstić information content (AvgIpc) is 3.23. The van der Waals surface area contributed by atoms with Crippen LogP contribution >= 0.6 is 0 Å². The largest absolute Gasteiger partial charge is 0.491 e. The molecule has 0 bridgehead atoms. The Morgan fingerprint density at radius 3 is 2.43 bits per heavy atom. The molecule has 0 amide bonds. The van der Waals surface area contributed by atoms with Crippen LogP contribution in [-0.4, -0.2) is 46.5 Å². The maximum Gasteiger partial charge on any atom is 0.258 e. The first kappa shape index (κ1) is 21.8. The van der Waals surface area contributed by atoms with Crippen LogP contribution in [0.1, 0.15) is 37.6 Å². The van der Waals surface area contributed by atoms with E-state index in [2.05, 4.69) is 40.8 Å². The highest BCUT2D eigenvalue weighted by Gasteiger charge is 2.16. The Balaban J connectivity index is 1.96. The number of aliphatic hydroxyl groups is 1. The Kier molecular flexibility index (Phi) is 7.05. The lowest BCUT2D eigenvalue weighted by molar-refractivity contribution is 0.199. The summed E-state index contributed by atoms with van der Waals surface area (Å²) < 4.78 is 11.3. The molecule has 1 N–H and O–H groups in total. The average molecular weight is 411 g/mol. The van der Waals surface area contributed by atoms with Crippen molar-refractivity contribution in [2.75, 3.05) is 31.2 Å². The molecule has 0 unspecified atom stereocenters. The summed E-state index contributed by atoms with van der Waals surface area (Å²) >= 11 is 0. The Morgan fingerprint density at radius 2 is 1.77 bits per heavy atom. The molecule has 7 nitrogen and oxygen atoms in total. The van der Waals surface area contributed by atoms with Gasteiger partial charge in [-0.25, -0.2) is 4.98 Å². The zero-order chi connectivity index (χ0) is 21.7. The predicted octanol–water partition coefficient (Wildman–Crippen LogP) is 4.20. The van der Waals surface area contributed by atoms with Crippen LogP contribution in [-0.2, 0) is 6.42 Å². The van der Waals surface area contributed by atoms with Crippen LogP contribution in [0.25, 0.3) is 22.8 Å². The van der Waals surface area contributed by atoms with E-state index in [-0.39, 0.29) is 13.2 Å². The summed E-state index contributed by atoms with van der Waals surface area (Å²) in [5.74, 6) is 2.73. The van der Waals surface area contributed by atoms with Gasteiger partial charge in [0.2, 0.25) is 5.82 Å². The van der Waals surface area contributed by atoms with E-state index in [1.807, 2.05) is 38.1 Å². The summed E-state index contributed by atoms with van der Waals surface area (Å²) in [5.41, 5.74) is 4.67. The summed E-state index contributed by atoms with van der Waals surface area (Å²) in [5, 5.41) is 13.3. The van der Waals surface area contributed by atoms with Crippen molar-refractivity contribution in [2.45, 2.75) is 41.0 Å². The van der Waals surface area contributed by atoms with Crippen molar-refractivity contribution in [2.24, 2.45) is 0 Å². The fourth-order valence-corrected chi connectivity index (χ4v) is 3.54. The monoisotopic (exact) mass is 410 g/mol. The number of aliphatic hydroxyl groups excluding tert-OH is 1. The van der Waals surface area contributed by atoms with E-state index in [0.717, 1.165) is 59.0 Å². The van der Waals surface area contributed by atoms with Gasteiger partial charge in [-0.2, -0.15) is 4.98 Å². The number of benzene rings is 1. The van der Waals surface area contributed by atoms with Gasteiger partial charge in [-0.05, 0) is 69.5 Å². The smallest absolute Gasteiger partial charge is 0.258 e. The molecule has 30 heavy (non-hydrogen) atoms. The van der Waals surface area contributed by atoms with Crippen LogP contribution < -0.4 is 9.64 Å². The van der Waals surface area contributed by atoms with E-state index < -0.39 is 0 Å². The molecule has 3 aromatic rings. The van der Waals surface area contributed by atoms with Gasteiger partial charge in [0.15, 0.2) is 0 Å². The molecule has 2 aromatic heterocycles. The van der Waals surface area contributed by atoms with Gasteiger partial charge in [0.1, 0.15) is 18.2 Å². The minimum Gasteiger partial charge on any atom is -0.491 e. The standard InChI is InChI=1S/C23H30N4O3/c1-6-17-13-18(11-15(4)21(17)29-10-9-28)22-25-23(30-26-22)19-12-16(5)24-20(14-19)27(7-2)8-3/h11-14,28H,6-10H2,1-5H3. The van der Waals surface area contributed by atoms with E-state index in [1.54, 1.807) is 0 Å². The van der Waals surface area contributed by atoms with Gasteiger partial charge in [-0.1, -0.05) is 12.1 Å². The molecule has 160 valence electrons. The third-order valence-corrected chi connectivity index (χ3v) is 5.03. The first-order chi connectivity index (χ1) is 14.5. The van der Waals surface area contributed by atoms with Gasteiger partial charge >= 0.3 is 0 Å². The molecule has 3 rings (SSSR count). The maximum atomic E-state index is 9.07. The van der Waals surface area contributed by atoms with Crippen molar-refractivity contribution < 1.29 is 14.4 Å². The molecule has 0 fully saturated rings. The second-order valence-corrected chi connectivity index (χ2v) is 7.16. The molecular weight excluding hydrogens is 380 g/mol. The molecule has 2 heterocycles. The molecule has 0 aliphatic rings. The summed E-state index contributed by atoms with van der Waals surface area (Å²) in [4.78, 5) is 11.5. The second kappa shape index (κ2) is 9.71. The molecule has 1 aromatic carbocycles. The number of rotatable bonds is 9. The number of pyridine rings is 1. The first-order valence-corrected chi connectivity index (χ1v) is 10.5. The van der Waals surface area contributed by atoms with Crippen LogP contribution in [0.4, 0.5) is 5.82 Å². The molecule has 7 heteroatoms.